The van der Waals surface area contributed by atoms with Crippen LogP contribution >= 0.6 is 12.2 Å². The third-order valence-electron chi connectivity index (χ3n) is 1.84. The second-order valence-corrected chi connectivity index (χ2v) is 3.34. The van der Waals surface area contributed by atoms with Gasteiger partial charge in [-0.1, -0.05) is 0 Å². The fourth-order valence-electron chi connectivity index (χ4n) is 1.04. The van der Waals surface area contributed by atoms with Crippen molar-refractivity contribution in [3.8, 4) is 5.75 Å². The van der Waals surface area contributed by atoms with Crippen LogP contribution in [0.2, 0.25) is 0 Å². The molecule has 0 aliphatic rings. The molecule has 0 aliphatic carbocycles. The summed E-state index contributed by atoms with van der Waals surface area (Å²) in [7, 11) is 1.63. The quantitative estimate of drug-likeness (QED) is 0.460. The van der Waals surface area contributed by atoms with Gasteiger partial charge in [-0.05, 0) is 49.0 Å². The molecule has 80 valence electrons. The standard InChI is InChI=1S/C10H13N3OS/c1-7(12-13-10(11)15)8-3-5-9(14-2)6-4-8/h3-6H,1-2H3,(H3,11,13,15). The van der Waals surface area contributed by atoms with Crippen molar-refractivity contribution in [2.75, 3.05) is 7.11 Å². The molecule has 1 aromatic rings. The number of nitrogens with two attached hydrogens (primary N) is 1. The van der Waals surface area contributed by atoms with Gasteiger partial charge in [0.2, 0.25) is 0 Å². The van der Waals surface area contributed by atoms with Crippen LogP contribution in [-0.4, -0.2) is 17.9 Å². The number of methoxy groups -OCH3 is 1. The molecule has 0 heterocycles. The largest absolute Gasteiger partial charge is 0.497 e. The normalized spacial score (nSPS) is 10.9. The minimum Gasteiger partial charge on any atom is -0.497 e. The Bertz CT molecular complexity index is 373. The van der Waals surface area contributed by atoms with Gasteiger partial charge in [0.1, 0.15) is 5.75 Å². The van der Waals surface area contributed by atoms with Crippen LogP contribution in [0.5, 0.6) is 5.75 Å². The monoisotopic (exact) mass is 223 g/mol. The highest BCUT2D eigenvalue weighted by Gasteiger charge is 1.97. The van der Waals surface area contributed by atoms with E-state index in [-0.39, 0.29) is 5.11 Å². The van der Waals surface area contributed by atoms with E-state index in [1.54, 1.807) is 7.11 Å². The van der Waals surface area contributed by atoms with Crippen molar-refractivity contribution in [1.29, 1.82) is 0 Å². The summed E-state index contributed by atoms with van der Waals surface area (Å²) in [5, 5.41) is 4.16. The minimum atomic E-state index is 0.155. The molecule has 0 aromatic heterocycles. The first kappa shape index (κ1) is 11.5. The van der Waals surface area contributed by atoms with Gasteiger partial charge in [-0.15, -0.1) is 0 Å². The zero-order valence-electron chi connectivity index (χ0n) is 8.65. The molecule has 5 heteroatoms. The lowest BCUT2D eigenvalue weighted by molar-refractivity contribution is 0.415. The molecule has 0 saturated heterocycles. The van der Waals surface area contributed by atoms with Gasteiger partial charge in [-0.25, -0.2) is 0 Å². The van der Waals surface area contributed by atoms with Crippen LogP contribution in [0.25, 0.3) is 0 Å². The number of nitrogens with zero attached hydrogens (tertiary/aromatic N) is 1. The minimum absolute atomic E-state index is 0.155. The fourth-order valence-corrected chi connectivity index (χ4v) is 1.08. The molecule has 0 atom stereocenters. The highest BCUT2D eigenvalue weighted by molar-refractivity contribution is 7.80. The summed E-state index contributed by atoms with van der Waals surface area (Å²) in [5.74, 6) is 0.814. The Kier molecular flexibility index (Phi) is 4.05. The second-order valence-electron chi connectivity index (χ2n) is 2.90. The van der Waals surface area contributed by atoms with Gasteiger partial charge < -0.3 is 10.5 Å². The van der Waals surface area contributed by atoms with Crippen molar-refractivity contribution in [3.05, 3.63) is 29.8 Å². The number of rotatable bonds is 3. The first-order valence-corrected chi connectivity index (χ1v) is 4.78. The molecule has 0 amide bonds. The number of hydrazone groups is 1. The smallest absolute Gasteiger partial charge is 0.184 e. The molecule has 0 aliphatic heterocycles. The molecule has 1 rings (SSSR count). The molecule has 0 spiro atoms. The van der Waals surface area contributed by atoms with Crippen molar-refractivity contribution in [2.45, 2.75) is 6.92 Å². The molecule has 0 unspecified atom stereocenters. The van der Waals surface area contributed by atoms with Crippen molar-refractivity contribution < 1.29 is 4.74 Å². The van der Waals surface area contributed by atoms with Crippen LogP contribution in [0.4, 0.5) is 0 Å². The van der Waals surface area contributed by atoms with E-state index < -0.39 is 0 Å². The maximum absolute atomic E-state index is 5.26. The van der Waals surface area contributed by atoms with Crippen molar-refractivity contribution in [1.82, 2.24) is 5.43 Å². The lowest BCUT2D eigenvalue weighted by Crippen LogP contribution is -2.25. The Labute approximate surface area is 94.1 Å². The lowest BCUT2D eigenvalue weighted by Gasteiger charge is -2.03. The van der Waals surface area contributed by atoms with E-state index >= 15 is 0 Å². The van der Waals surface area contributed by atoms with Gasteiger partial charge in [0.15, 0.2) is 5.11 Å². The third-order valence-corrected chi connectivity index (χ3v) is 1.93. The highest BCUT2D eigenvalue weighted by atomic mass is 32.1. The summed E-state index contributed by atoms with van der Waals surface area (Å²) in [5.41, 5.74) is 9.59. The molecule has 0 fully saturated rings. The van der Waals surface area contributed by atoms with E-state index in [9.17, 15) is 0 Å². The zero-order chi connectivity index (χ0) is 11.3. The predicted molar refractivity (Wildman–Crippen MR) is 65.1 cm³/mol. The molecule has 0 radical (unpaired) electrons. The van der Waals surface area contributed by atoms with Crippen LogP contribution in [0.15, 0.2) is 29.4 Å². The van der Waals surface area contributed by atoms with E-state index in [2.05, 4.69) is 22.7 Å². The van der Waals surface area contributed by atoms with Crippen molar-refractivity contribution >= 4 is 23.0 Å². The summed E-state index contributed by atoms with van der Waals surface area (Å²) in [4.78, 5) is 0. The average molecular weight is 223 g/mol. The van der Waals surface area contributed by atoms with Gasteiger partial charge in [0.25, 0.3) is 0 Å². The van der Waals surface area contributed by atoms with Gasteiger partial charge in [-0.3, -0.25) is 5.43 Å². The first-order valence-electron chi connectivity index (χ1n) is 4.37. The summed E-state index contributed by atoms with van der Waals surface area (Å²) in [6.07, 6.45) is 0. The number of benzene rings is 1. The van der Waals surface area contributed by atoms with Crippen LogP contribution < -0.4 is 15.9 Å². The van der Waals surface area contributed by atoms with E-state index in [0.717, 1.165) is 17.0 Å². The van der Waals surface area contributed by atoms with Crippen molar-refractivity contribution in [2.24, 2.45) is 10.8 Å². The van der Waals surface area contributed by atoms with Gasteiger partial charge in [-0.2, -0.15) is 5.10 Å². The first-order chi connectivity index (χ1) is 7.13. The maximum atomic E-state index is 5.26. The summed E-state index contributed by atoms with van der Waals surface area (Å²) in [6.45, 7) is 1.87. The number of hydrogen-bond donors (Lipinski definition) is 2. The number of ether oxygens (including phenoxy) is 1. The molecule has 4 nitrogen and oxygen atoms in total. The molecular formula is C10H13N3OS. The second kappa shape index (κ2) is 5.31. The molecule has 0 saturated carbocycles. The van der Waals surface area contributed by atoms with Gasteiger partial charge in [0, 0.05) is 0 Å². The summed E-state index contributed by atoms with van der Waals surface area (Å²) in [6, 6.07) is 7.57. The summed E-state index contributed by atoms with van der Waals surface area (Å²) >= 11 is 4.64. The Morgan fingerprint density at radius 3 is 2.47 bits per heavy atom. The average Bonchev–Trinajstić information content (AvgIpc) is 2.26. The number of thiocarbonyl (C=S) groups is 1. The Hall–Kier alpha value is -1.62. The lowest BCUT2D eigenvalue weighted by atomic mass is 10.1. The van der Waals surface area contributed by atoms with Crippen LogP contribution in [0.3, 0.4) is 0 Å². The molecule has 15 heavy (non-hydrogen) atoms. The fraction of sp³-hybridized carbons (Fsp3) is 0.200. The Balaban J connectivity index is 2.77. The number of hydrogen-bond acceptors (Lipinski definition) is 3. The Morgan fingerprint density at radius 2 is 2.00 bits per heavy atom. The Morgan fingerprint density at radius 1 is 1.40 bits per heavy atom. The third kappa shape index (κ3) is 3.55. The highest BCUT2D eigenvalue weighted by Crippen LogP contribution is 2.11. The van der Waals surface area contributed by atoms with E-state index in [0.29, 0.717) is 0 Å². The topological polar surface area (TPSA) is 59.6 Å². The van der Waals surface area contributed by atoms with Gasteiger partial charge in [0.05, 0.1) is 12.8 Å². The van der Waals surface area contributed by atoms with Crippen LogP contribution in [-0.2, 0) is 0 Å². The van der Waals surface area contributed by atoms with E-state index in [1.807, 2.05) is 31.2 Å². The molecular weight excluding hydrogens is 210 g/mol. The van der Waals surface area contributed by atoms with E-state index in [1.165, 1.54) is 0 Å². The van der Waals surface area contributed by atoms with Crippen LogP contribution in [0.1, 0.15) is 12.5 Å². The number of nitrogens with one attached hydrogen (secondary N) is 1. The van der Waals surface area contributed by atoms with E-state index in [4.69, 9.17) is 10.5 Å². The SMILES string of the molecule is COc1ccc(C(C)=NNC(N)=S)cc1. The zero-order valence-corrected chi connectivity index (χ0v) is 9.47. The van der Waals surface area contributed by atoms with Gasteiger partial charge >= 0.3 is 0 Å². The molecule has 3 N–H and O–H groups in total. The molecule has 0 bridgehead atoms. The molecule has 1 aromatic carbocycles. The predicted octanol–water partition coefficient (Wildman–Crippen LogP) is 1.25. The summed E-state index contributed by atoms with van der Waals surface area (Å²) < 4.78 is 5.05. The maximum Gasteiger partial charge on any atom is 0.184 e. The van der Waals surface area contributed by atoms with Crippen LogP contribution in [0, 0.1) is 0 Å². The van der Waals surface area contributed by atoms with Crippen molar-refractivity contribution in [3.63, 3.8) is 0 Å².